The molecule has 4 rings (SSSR count). The number of hydrogen-bond acceptors (Lipinski definition) is 1. The molecule has 0 saturated heterocycles. The van der Waals surface area contributed by atoms with Crippen LogP contribution in [0.4, 0.5) is 4.79 Å². The standard InChI is InChI=1S/C17H15NO2/c19-17(20)18-14-8-4-3-7-13(14)16-12-6-2-1-5-11(12)9-10-15(16)18/h3-4,7-10H,1-2,5-6H2,(H,19,20). The van der Waals surface area contributed by atoms with Crippen LogP contribution in [-0.4, -0.2) is 15.8 Å². The van der Waals surface area contributed by atoms with Gasteiger partial charge in [-0.15, -0.1) is 0 Å². The van der Waals surface area contributed by atoms with Crippen molar-refractivity contribution < 1.29 is 9.90 Å². The van der Waals surface area contributed by atoms with E-state index in [0.29, 0.717) is 0 Å². The van der Waals surface area contributed by atoms with E-state index < -0.39 is 6.09 Å². The maximum absolute atomic E-state index is 11.6. The summed E-state index contributed by atoms with van der Waals surface area (Å²) in [6.07, 6.45) is 3.68. The van der Waals surface area contributed by atoms with Gasteiger partial charge in [0.15, 0.2) is 0 Å². The Hall–Kier alpha value is -2.29. The highest BCUT2D eigenvalue weighted by Crippen LogP contribution is 2.36. The summed E-state index contributed by atoms with van der Waals surface area (Å²) in [6.45, 7) is 0. The summed E-state index contributed by atoms with van der Waals surface area (Å²) in [7, 11) is 0. The molecule has 0 amide bonds. The van der Waals surface area contributed by atoms with Crippen molar-refractivity contribution >= 4 is 27.9 Å². The molecule has 0 saturated carbocycles. The molecule has 0 aliphatic heterocycles. The fraction of sp³-hybridized carbons (Fsp3) is 0.235. The van der Waals surface area contributed by atoms with Crippen LogP contribution in [0.2, 0.25) is 0 Å². The highest BCUT2D eigenvalue weighted by atomic mass is 16.4. The average Bonchev–Trinajstić information content (AvgIpc) is 2.82. The van der Waals surface area contributed by atoms with Gasteiger partial charge in [-0.3, -0.25) is 0 Å². The Morgan fingerprint density at radius 1 is 1.00 bits per heavy atom. The van der Waals surface area contributed by atoms with E-state index in [-0.39, 0.29) is 0 Å². The highest BCUT2D eigenvalue weighted by Gasteiger charge is 2.20. The summed E-state index contributed by atoms with van der Waals surface area (Å²) < 4.78 is 1.42. The minimum absolute atomic E-state index is 0.786. The van der Waals surface area contributed by atoms with E-state index in [9.17, 15) is 9.90 Å². The lowest BCUT2D eigenvalue weighted by atomic mass is 9.88. The molecule has 0 radical (unpaired) electrons. The fourth-order valence-electron chi connectivity index (χ4n) is 3.52. The van der Waals surface area contributed by atoms with Crippen LogP contribution in [0.25, 0.3) is 21.8 Å². The molecule has 100 valence electrons. The van der Waals surface area contributed by atoms with Gasteiger partial charge >= 0.3 is 6.09 Å². The first-order valence-electron chi connectivity index (χ1n) is 7.04. The number of aromatic nitrogens is 1. The molecule has 2 aromatic carbocycles. The van der Waals surface area contributed by atoms with Gasteiger partial charge in [-0.25, -0.2) is 9.36 Å². The molecule has 1 N–H and O–H groups in total. The molecule has 3 aromatic rings. The third-order valence-electron chi connectivity index (χ3n) is 4.36. The Bertz CT molecular complexity index is 845. The minimum atomic E-state index is -0.910. The molecule has 0 atom stereocenters. The van der Waals surface area contributed by atoms with Gasteiger partial charge in [0.1, 0.15) is 0 Å². The van der Waals surface area contributed by atoms with Crippen LogP contribution in [0.1, 0.15) is 24.0 Å². The first-order valence-corrected chi connectivity index (χ1v) is 7.04. The largest absolute Gasteiger partial charge is 0.464 e. The molecule has 3 nitrogen and oxygen atoms in total. The van der Waals surface area contributed by atoms with Crippen LogP contribution in [0.15, 0.2) is 36.4 Å². The fourth-order valence-corrected chi connectivity index (χ4v) is 3.52. The lowest BCUT2D eigenvalue weighted by Gasteiger charge is -2.16. The van der Waals surface area contributed by atoms with Gasteiger partial charge in [0, 0.05) is 10.8 Å². The van der Waals surface area contributed by atoms with Crippen molar-refractivity contribution in [1.29, 1.82) is 0 Å². The maximum atomic E-state index is 11.6. The van der Waals surface area contributed by atoms with Crippen LogP contribution < -0.4 is 0 Å². The first-order chi connectivity index (χ1) is 9.77. The molecule has 3 heteroatoms. The quantitative estimate of drug-likeness (QED) is 0.662. The number of carbonyl (C=O) groups is 1. The number of rotatable bonds is 0. The van der Waals surface area contributed by atoms with Crippen molar-refractivity contribution in [3.05, 3.63) is 47.5 Å². The Labute approximate surface area is 116 Å². The van der Waals surface area contributed by atoms with E-state index in [1.807, 2.05) is 30.3 Å². The molecular formula is C17H15NO2. The van der Waals surface area contributed by atoms with E-state index in [4.69, 9.17) is 0 Å². The molecule has 1 aliphatic rings. The van der Waals surface area contributed by atoms with E-state index in [1.54, 1.807) is 0 Å². The van der Waals surface area contributed by atoms with Crippen LogP contribution >= 0.6 is 0 Å². The summed E-state index contributed by atoms with van der Waals surface area (Å²) in [4.78, 5) is 11.6. The summed E-state index contributed by atoms with van der Waals surface area (Å²) >= 11 is 0. The molecule has 1 aromatic heterocycles. The second-order valence-electron chi connectivity index (χ2n) is 5.44. The van der Waals surface area contributed by atoms with Gasteiger partial charge in [0.05, 0.1) is 11.0 Å². The predicted octanol–water partition coefficient (Wildman–Crippen LogP) is 4.20. The van der Waals surface area contributed by atoms with Gasteiger partial charge in [-0.05, 0) is 48.9 Å². The molecule has 0 unspecified atom stereocenters. The smallest absolute Gasteiger partial charge is 0.416 e. The zero-order valence-electron chi connectivity index (χ0n) is 11.1. The Morgan fingerprint density at radius 3 is 2.65 bits per heavy atom. The molecule has 0 bridgehead atoms. The number of hydrogen-bond donors (Lipinski definition) is 1. The first kappa shape index (κ1) is 11.5. The second kappa shape index (κ2) is 4.10. The number of carboxylic acid groups (broad SMARTS) is 1. The molecule has 1 aliphatic carbocycles. The SMILES string of the molecule is O=C(O)n1c2ccccc2c2c3c(ccc21)CCCC3. The topological polar surface area (TPSA) is 42.2 Å². The zero-order chi connectivity index (χ0) is 13.7. The summed E-state index contributed by atoms with van der Waals surface area (Å²) in [5.41, 5.74) is 4.34. The van der Waals surface area contributed by atoms with Crippen LogP contribution in [0.3, 0.4) is 0 Å². The average molecular weight is 265 g/mol. The third kappa shape index (κ3) is 1.43. The Kier molecular flexibility index (Phi) is 2.36. The molecule has 1 heterocycles. The summed E-state index contributed by atoms with van der Waals surface area (Å²) in [5, 5.41) is 11.7. The van der Waals surface area contributed by atoms with Gasteiger partial charge in [-0.1, -0.05) is 24.3 Å². The number of aryl methyl sites for hydroxylation is 2. The van der Waals surface area contributed by atoms with Gasteiger partial charge in [0.2, 0.25) is 0 Å². The Morgan fingerprint density at radius 2 is 1.80 bits per heavy atom. The van der Waals surface area contributed by atoms with Crippen molar-refractivity contribution in [1.82, 2.24) is 4.57 Å². The van der Waals surface area contributed by atoms with E-state index >= 15 is 0 Å². The van der Waals surface area contributed by atoms with Crippen LogP contribution in [-0.2, 0) is 12.8 Å². The lowest BCUT2D eigenvalue weighted by Crippen LogP contribution is -2.08. The van der Waals surface area contributed by atoms with Crippen molar-refractivity contribution in [2.75, 3.05) is 0 Å². The van der Waals surface area contributed by atoms with E-state index in [1.165, 1.54) is 28.5 Å². The van der Waals surface area contributed by atoms with Crippen LogP contribution in [0.5, 0.6) is 0 Å². The van der Waals surface area contributed by atoms with Gasteiger partial charge in [-0.2, -0.15) is 0 Å². The van der Waals surface area contributed by atoms with Crippen LogP contribution in [0, 0.1) is 0 Å². The maximum Gasteiger partial charge on any atom is 0.416 e. The number of fused-ring (bicyclic) bond motifs is 5. The lowest BCUT2D eigenvalue weighted by molar-refractivity contribution is 0.198. The predicted molar refractivity (Wildman–Crippen MR) is 79.5 cm³/mol. The number of para-hydroxylation sites is 1. The third-order valence-corrected chi connectivity index (χ3v) is 4.36. The number of nitrogens with zero attached hydrogens (tertiary/aromatic N) is 1. The summed E-state index contributed by atoms with van der Waals surface area (Å²) in [5.74, 6) is 0. The van der Waals surface area contributed by atoms with Crippen molar-refractivity contribution in [3.8, 4) is 0 Å². The molecule has 0 fully saturated rings. The summed E-state index contributed by atoms with van der Waals surface area (Å²) in [6, 6.07) is 11.9. The van der Waals surface area contributed by atoms with Crippen molar-refractivity contribution in [3.63, 3.8) is 0 Å². The number of benzene rings is 2. The molecule has 0 spiro atoms. The van der Waals surface area contributed by atoms with E-state index in [2.05, 4.69) is 6.07 Å². The highest BCUT2D eigenvalue weighted by molar-refractivity contribution is 6.14. The monoisotopic (exact) mass is 265 g/mol. The van der Waals surface area contributed by atoms with E-state index in [0.717, 1.165) is 34.6 Å². The molecule has 20 heavy (non-hydrogen) atoms. The van der Waals surface area contributed by atoms with Gasteiger partial charge < -0.3 is 5.11 Å². The normalized spacial score (nSPS) is 14.6. The minimum Gasteiger partial charge on any atom is -0.464 e. The van der Waals surface area contributed by atoms with Crippen molar-refractivity contribution in [2.45, 2.75) is 25.7 Å². The van der Waals surface area contributed by atoms with Crippen molar-refractivity contribution in [2.24, 2.45) is 0 Å². The van der Waals surface area contributed by atoms with Gasteiger partial charge in [0.25, 0.3) is 0 Å². The molecular weight excluding hydrogens is 250 g/mol. The second-order valence-corrected chi connectivity index (χ2v) is 5.44. The Balaban J connectivity index is 2.24. The zero-order valence-corrected chi connectivity index (χ0v) is 11.1.